The maximum atomic E-state index is 5.22. The highest BCUT2D eigenvalue weighted by molar-refractivity contribution is 7.26. The third-order valence-electron chi connectivity index (χ3n) is 9.41. The summed E-state index contributed by atoms with van der Waals surface area (Å²) in [6, 6.07) is 47.4. The summed E-state index contributed by atoms with van der Waals surface area (Å²) in [5.74, 6) is 1.94. The van der Waals surface area contributed by atoms with Gasteiger partial charge in [-0.25, -0.2) is 4.98 Å². The van der Waals surface area contributed by atoms with E-state index in [9.17, 15) is 0 Å². The molecule has 11 rings (SSSR count). The highest BCUT2D eigenvalue weighted by Crippen LogP contribution is 2.49. The molecule has 0 unspecified atom stereocenters. The zero-order valence-corrected chi connectivity index (χ0v) is 26.4. The van der Waals surface area contributed by atoms with Crippen LogP contribution in [-0.2, 0) is 0 Å². The summed E-state index contributed by atoms with van der Waals surface area (Å²) >= 11 is 3.70. The second-order valence-corrected chi connectivity index (χ2v) is 14.2. The third-order valence-corrected chi connectivity index (χ3v) is 11.6. The number of nitrogens with zero attached hydrogens (tertiary/aromatic N) is 4. The zero-order valence-electron chi connectivity index (χ0n) is 24.8. The average molecular weight is 635 g/mol. The molecular weight excluding hydrogens is 613 g/mol. The van der Waals surface area contributed by atoms with Crippen LogP contribution in [0.3, 0.4) is 0 Å². The highest BCUT2D eigenvalue weighted by Gasteiger charge is 2.25. The molecule has 0 radical (unpaired) electrons. The van der Waals surface area contributed by atoms with Crippen LogP contribution in [0.2, 0.25) is 0 Å². The summed E-state index contributed by atoms with van der Waals surface area (Å²) in [5, 5.41) is 10.3. The number of fused-ring (bicyclic) bond motifs is 8. The molecule has 0 fully saturated rings. The summed E-state index contributed by atoms with van der Waals surface area (Å²) in [7, 11) is 0. The van der Waals surface area contributed by atoms with Crippen LogP contribution >= 0.6 is 22.7 Å². The molecule has 0 atom stereocenters. The second kappa shape index (κ2) is 9.42. The van der Waals surface area contributed by atoms with Crippen molar-refractivity contribution in [3.63, 3.8) is 0 Å². The fraction of sp³-hybridized carbons (Fsp3) is 0. The molecule has 7 aromatic carbocycles. The van der Waals surface area contributed by atoms with Crippen LogP contribution in [0.25, 0.3) is 102 Å². The van der Waals surface area contributed by atoms with Crippen molar-refractivity contribution in [1.82, 2.24) is 19.5 Å². The Bertz CT molecular complexity index is 2810. The summed E-state index contributed by atoms with van der Waals surface area (Å²) in [5.41, 5.74) is 4.15. The maximum absolute atomic E-state index is 5.22. The van der Waals surface area contributed by atoms with Crippen LogP contribution < -0.4 is 0 Å². The van der Waals surface area contributed by atoms with E-state index in [2.05, 4.69) is 102 Å². The van der Waals surface area contributed by atoms with Crippen LogP contribution in [0.5, 0.6) is 0 Å². The molecule has 0 spiro atoms. The van der Waals surface area contributed by atoms with E-state index in [4.69, 9.17) is 15.0 Å². The van der Waals surface area contributed by atoms with E-state index in [0.717, 1.165) is 22.2 Å². The minimum absolute atomic E-state index is 0.623. The third kappa shape index (κ3) is 3.54. The first-order valence-corrected chi connectivity index (χ1v) is 17.3. The Morgan fingerprint density at radius 1 is 0.383 bits per heavy atom. The molecule has 0 amide bonds. The van der Waals surface area contributed by atoms with Crippen molar-refractivity contribution in [3.8, 4) is 28.7 Å². The number of thiophene rings is 2. The average Bonchev–Trinajstić information content (AvgIpc) is 3.80. The SMILES string of the molecule is c1ccc(-c2nc(-c3ccccc3)nc(-n3c4cc5sc6ccccc6c5c5ccc6c7c(cc3c6c54)sc3ccccc37)n2)cc1. The molecule has 11 aromatic rings. The van der Waals surface area contributed by atoms with Gasteiger partial charge in [-0.3, -0.25) is 4.57 Å². The Balaban J connectivity index is 1.35. The molecule has 0 bridgehead atoms. The predicted octanol–water partition coefficient (Wildman–Crippen LogP) is 11.6. The molecule has 0 saturated heterocycles. The van der Waals surface area contributed by atoms with Crippen molar-refractivity contribution in [3.05, 3.63) is 133 Å². The molecule has 0 aliphatic rings. The molecule has 218 valence electrons. The number of benzene rings is 7. The summed E-state index contributed by atoms with van der Waals surface area (Å²) in [6.07, 6.45) is 0. The van der Waals surface area contributed by atoms with Gasteiger partial charge < -0.3 is 0 Å². The first-order chi connectivity index (χ1) is 23.3. The van der Waals surface area contributed by atoms with Gasteiger partial charge in [-0.2, -0.15) is 9.97 Å². The first-order valence-electron chi connectivity index (χ1n) is 15.6. The lowest BCUT2D eigenvalue weighted by Gasteiger charge is -2.11. The Labute approximate surface area is 276 Å². The van der Waals surface area contributed by atoms with Gasteiger partial charge in [0.1, 0.15) is 0 Å². The van der Waals surface area contributed by atoms with Crippen molar-refractivity contribution < 1.29 is 0 Å². The van der Waals surface area contributed by atoms with E-state index in [1.807, 2.05) is 59.1 Å². The zero-order chi connectivity index (χ0) is 30.6. The van der Waals surface area contributed by atoms with Gasteiger partial charge in [0, 0.05) is 62.2 Å². The van der Waals surface area contributed by atoms with Crippen molar-refractivity contribution in [1.29, 1.82) is 0 Å². The molecule has 4 heterocycles. The largest absolute Gasteiger partial charge is 0.278 e. The highest BCUT2D eigenvalue weighted by atomic mass is 32.1. The van der Waals surface area contributed by atoms with Crippen molar-refractivity contribution in [2.24, 2.45) is 0 Å². The lowest BCUT2D eigenvalue weighted by Crippen LogP contribution is -2.06. The van der Waals surface area contributed by atoms with E-state index >= 15 is 0 Å². The monoisotopic (exact) mass is 634 g/mol. The van der Waals surface area contributed by atoms with E-state index in [1.165, 1.54) is 61.9 Å². The van der Waals surface area contributed by atoms with Crippen LogP contribution in [0, 0.1) is 0 Å². The fourth-order valence-electron chi connectivity index (χ4n) is 7.43. The van der Waals surface area contributed by atoms with Crippen molar-refractivity contribution >= 4 is 95.6 Å². The Morgan fingerprint density at radius 2 is 0.830 bits per heavy atom. The quantitative estimate of drug-likeness (QED) is 0.182. The van der Waals surface area contributed by atoms with E-state index in [0.29, 0.717) is 17.6 Å². The topological polar surface area (TPSA) is 43.6 Å². The van der Waals surface area contributed by atoms with Gasteiger partial charge in [0.15, 0.2) is 11.6 Å². The lowest BCUT2D eigenvalue weighted by molar-refractivity contribution is 0.954. The van der Waals surface area contributed by atoms with Crippen molar-refractivity contribution in [2.45, 2.75) is 0 Å². The number of hydrogen-bond donors (Lipinski definition) is 0. The fourth-order valence-corrected chi connectivity index (χ4v) is 9.74. The van der Waals surface area contributed by atoms with Gasteiger partial charge in [-0.15, -0.1) is 22.7 Å². The van der Waals surface area contributed by atoms with E-state index in [-0.39, 0.29) is 0 Å². The van der Waals surface area contributed by atoms with E-state index < -0.39 is 0 Å². The summed E-state index contributed by atoms with van der Waals surface area (Å²) in [4.78, 5) is 15.5. The van der Waals surface area contributed by atoms with E-state index in [1.54, 1.807) is 0 Å². The predicted molar refractivity (Wildman–Crippen MR) is 200 cm³/mol. The first kappa shape index (κ1) is 25.5. The molecule has 0 aliphatic carbocycles. The Morgan fingerprint density at radius 3 is 1.32 bits per heavy atom. The maximum Gasteiger partial charge on any atom is 0.238 e. The molecule has 4 nitrogen and oxygen atoms in total. The van der Waals surface area contributed by atoms with Gasteiger partial charge in [0.25, 0.3) is 0 Å². The smallest absolute Gasteiger partial charge is 0.238 e. The van der Waals surface area contributed by atoms with Crippen LogP contribution in [-0.4, -0.2) is 19.5 Å². The van der Waals surface area contributed by atoms with Crippen LogP contribution in [0.4, 0.5) is 0 Å². The standard InChI is InChI=1S/C41H22N4S2/c1-3-11-23(12-4-1)39-42-40(24-13-5-2-6-14-24)44-41(43-39)45-29-21-33-35(25-15-7-9-17-31(25)46-33)27-19-20-28-36-26-16-8-10-18-32(26)47-34(36)22-30(45)38(28)37(27)29/h1-22H. The summed E-state index contributed by atoms with van der Waals surface area (Å²) < 4.78 is 7.41. The Hall–Kier alpha value is -5.69. The van der Waals surface area contributed by atoms with Crippen LogP contribution in [0.1, 0.15) is 0 Å². The van der Waals surface area contributed by atoms with Crippen LogP contribution in [0.15, 0.2) is 133 Å². The minimum Gasteiger partial charge on any atom is -0.278 e. The molecular formula is C41H22N4S2. The van der Waals surface area contributed by atoms with Gasteiger partial charge >= 0.3 is 0 Å². The molecule has 6 heteroatoms. The number of aromatic nitrogens is 4. The number of hydrogen-bond acceptors (Lipinski definition) is 5. The normalized spacial score (nSPS) is 12.3. The summed E-state index contributed by atoms with van der Waals surface area (Å²) in [6.45, 7) is 0. The molecule has 0 N–H and O–H groups in total. The van der Waals surface area contributed by atoms with Crippen molar-refractivity contribution in [2.75, 3.05) is 0 Å². The molecule has 0 saturated carbocycles. The minimum atomic E-state index is 0.623. The van der Waals surface area contributed by atoms with Gasteiger partial charge in [0.2, 0.25) is 5.95 Å². The second-order valence-electron chi connectivity index (χ2n) is 12.0. The van der Waals surface area contributed by atoms with Gasteiger partial charge in [-0.1, -0.05) is 109 Å². The van der Waals surface area contributed by atoms with Gasteiger partial charge in [0.05, 0.1) is 11.0 Å². The molecule has 4 aromatic heterocycles. The lowest BCUT2D eigenvalue weighted by atomic mass is 9.96. The molecule has 47 heavy (non-hydrogen) atoms. The Kier molecular flexibility index (Phi) is 5.11. The number of rotatable bonds is 3. The van der Waals surface area contributed by atoms with Gasteiger partial charge in [-0.05, 0) is 35.0 Å². The molecule has 0 aliphatic heterocycles.